The SMILES string of the molecule is CC(C)(CN)c1nc(-c2ccc(F)cc2)n[nH]1. The maximum absolute atomic E-state index is 12.8. The highest BCUT2D eigenvalue weighted by Gasteiger charge is 2.23. The highest BCUT2D eigenvalue weighted by Crippen LogP contribution is 2.21. The summed E-state index contributed by atoms with van der Waals surface area (Å²) in [5, 5.41) is 6.99. The average molecular weight is 234 g/mol. The minimum atomic E-state index is -0.271. The van der Waals surface area contributed by atoms with Crippen molar-refractivity contribution >= 4 is 0 Å². The van der Waals surface area contributed by atoms with Gasteiger partial charge in [-0.15, -0.1) is 0 Å². The Bertz CT molecular complexity index is 501. The number of halogens is 1. The van der Waals surface area contributed by atoms with E-state index in [4.69, 9.17) is 5.73 Å². The van der Waals surface area contributed by atoms with Gasteiger partial charge in [-0.05, 0) is 24.3 Å². The largest absolute Gasteiger partial charge is 0.329 e. The minimum Gasteiger partial charge on any atom is -0.329 e. The van der Waals surface area contributed by atoms with Crippen LogP contribution in [0.1, 0.15) is 19.7 Å². The Hall–Kier alpha value is -1.75. The molecule has 0 saturated carbocycles. The molecule has 1 aromatic carbocycles. The number of hydrogen-bond acceptors (Lipinski definition) is 3. The first-order valence-electron chi connectivity index (χ1n) is 5.42. The topological polar surface area (TPSA) is 67.6 Å². The van der Waals surface area contributed by atoms with Crippen molar-refractivity contribution in [3.63, 3.8) is 0 Å². The van der Waals surface area contributed by atoms with E-state index in [0.29, 0.717) is 12.4 Å². The number of aromatic nitrogens is 3. The average Bonchev–Trinajstić information content (AvgIpc) is 2.80. The number of hydrogen-bond donors (Lipinski definition) is 2. The van der Waals surface area contributed by atoms with E-state index in [2.05, 4.69) is 15.2 Å². The first kappa shape index (κ1) is 11.7. The van der Waals surface area contributed by atoms with Crippen LogP contribution < -0.4 is 5.73 Å². The fraction of sp³-hybridized carbons (Fsp3) is 0.333. The second-order valence-electron chi connectivity index (χ2n) is 4.60. The van der Waals surface area contributed by atoms with Crippen molar-refractivity contribution in [2.24, 2.45) is 5.73 Å². The lowest BCUT2D eigenvalue weighted by Gasteiger charge is -2.17. The summed E-state index contributed by atoms with van der Waals surface area (Å²) in [4.78, 5) is 4.38. The molecule has 1 heterocycles. The van der Waals surface area contributed by atoms with E-state index in [9.17, 15) is 4.39 Å². The molecule has 2 rings (SSSR count). The number of benzene rings is 1. The predicted octanol–water partition coefficient (Wildman–Crippen LogP) is 1.85. The molecule has 1 aromatic heterocycles. The van der Waals surface area contributed by atoms with Crippen molar-refractivity contribution in [2.75, 3.05) is 6.54 Å². The molecule has 5 heteroatoms. The predicted molar refractivity (Wildman–Crippen MR) is 63.9 cm³/mol. The molecule has 0 radical (unpaired) electrons. The maximum Gasteiger partial charge on any atom is 0.181 e. The van der Waals surface area contributed by atoms with E-state index in [1.165, 1.54) is 12.1 Å². The molecule has 90 valence electrons. The molecule has 0 fully saturated rings. The van der Waals surface area contributed by atoms with Gasteiger partial charge < -0.3 is 5.73 Å². The van der Waals surface area contributed by atoms with Gasteiger partial charge in [0.05, 0.1) is 0 Å². The lowest BCUT2D eigenvalue weighted by molar-refractivity contribution is 0.504. The highest BCUT2D eigenvalue weighted by molar-refractivity contribution is 5.54. The molecule has 0 aliphatic carbocycles. The van der Waals surface area contributed by atoms with Crippen molar-refractivity contribution in [1.29, 1.82) is 0 Å². The van der Waals surface area contributed by atoms with Gasteiger partial charge in [0.25, 0.3) is 0 Å². The quantitative estimate of drug-likeness (QED) is 0.851. The van der Waals surface area contributed by atoms with Crippen LogP contribution in [0.25, 0.3) is 11.4 Å². The summed E-state index contributed by atoms with van der Waals surface area (Å²) in [7, 11) is 0. The summed E-state index contributed by atoms with van der Waals surface area (Å²) >= 11 is 0. The van der Waals surface area contributed by atoms with Crippen LogP contribution in [0, 0.1) is 5.82 Å². The number of nitrogens with zero attached hydrogens (tertiary/aromatic N) is 2. The van der Waals surface area contributed by atoms with Gasteiger partial charge in [-0.3, -0.25) is 5.10 Å². The number of nitrogens with one attached hydrogen (secondary N) is 1. The van der Waals surface area contributed by atoms with Gasteiger partial charge in [0.15, 0.2) is 5.82 Å². The molecule has 2 aromatic rings. The van der Waals surface area contributed by atoms with Gasteiger partial charge in [-0.2, -0.15) is 5.10 Å². The maximum atomic E-state index is 12.8. The number of H-pyrrole nitrogens is 1. The van der Waals surface area contributed by atoms with Crippen LogP contribution in [-0.2, 0) is 5.41 Å². The van der Waals surface area contributed by atoms with Crippen molar-refractivity contribution in [1.82, 2.24) is 15.2 Å². The molecule has 0 atom stereocenters. The monoisotopic (exact) mass is 234 g/mol. The minimum absolute atomic E-state index is 0.245. The Morgan fingerprint density at radius 1 is 1.29 bits per heavy atom. The number of rotatable bonds is 3. The van der Waals surface area contributed by atoms with E-state index in [-0.39, 0.29) is 11.2 Å². The molecule has 0 spiro atoms. The molecule has 0 amide bonds. The zero-order chi connectivity index (χ0) is 12.5. The first-order chi connectivity index (χ1) is 8.03. The Kier molecular flexibility index (Phi) is 2.93. The summed E-state index contributed by atoms with van der Waals surface area (Å²) in [5.41, 5.74) is 6.20. The first-order valence-corrected chi connectivity index (χ1v) is 5.42. The molecular formula is C12H15FN4. The van der Waals surface area contributed by atoms with Gasteiger partial charge in [0.2, 0.25) is 0 Å². The van der Waals surface area contributed by atoms with E-state index >= 15 is 0 Å². The van der Waals surface area contributed by atoms with Crippen LogP contribution >= 0.6 is 0 Å². The zero-order valence-electron chi connectivity index (χ0n) is 9.87. The van der Waals surface area contributed by atoms with E-state index in [1.54, 1.807) is 12.1 Å². The fourth-order valence-corrected chi connectivity index (χ4v) is 1.39. The van der Waals surface area contributed by atoms with Crippen LogP contribution in [0.4, 0.5) is 4.39 Å². The summed E-state index contributed by atoms with van der Waals surface area (Å²) in [6.45, 7) is 4.45. The molecule has 0 unspecified atom stereocenters. The third-order valence-corrected chi connectivity index (χ3v) is 2.74. The Balaban J connectivity index is 2.33. The number of aromatic amines is 1. The van der Waals surface area contributed by atoms with Crippen LogP contribution in [0.15, 0.2) is 24.3 Å². The molecule has 0 bridgehead atoms. The Morgan fingerprint density at radius 2 is 1.94 bits per heavy atom. The molecule has 0 aliphatic rings. The summed E-state index contributed by atoms with van der Waals surface area (Å²) in [6.07, 6.45) is 0. The molecule has 3 N–H and O–H groups in total. The van der Waals surface area contributed by atoms with Crippen LogP contribution in [0.3, 0.4) is 0 Å². The highest BCUT2D eigenvalue weighted by atomic mass is 19.1. The Morgan fingerprint density at radius 3 is 2.53 bits per heavy atom. The summed E-state index contributed by atoms with van der Waals surface area (Å²) in [5.74, 6) is 1.02. The molecule has 0 aliphatic heterocycles. The standard InChI is InChI=1S/C12H15FN4/c1-12(2,7-14)11-15-10(16-17-11)8-3-5-9(13)6-4-8/h3-6H,7,14H2,1-2H3,(H,15,16,17). The van der Waals surface area contributed by atoms with Crippen LogP contribution in [0.2, 0.25) is 0 Å². The van der Waals surface area contributed by atoms with Crippen molar-refractivity contribution in [2.45, 2.75) is 19.3 Å². The fourth-order valence-electron chi connectivity index (χ4n) is 1.39. The molecule has 4 nitrogen and oxygen atoms in total. The smallest absolute Gasteiger partial charge is 0.181 e. The van der Waals surface area contributed by atoms with Crippen molar-refractivity contribution < 1.29 is 4.39 Å². The van der Waals surface area contributed by atoms with Crippen LogP contribution in [-0.4, -0.2) is 21.7 Å². The number of nitrogens with two attached hydrogens (primary N) is 1. The van der Waals surface area contributed by atoms with Gasteiger partial charge in [0, 0.05) is 17.5 Å². The molecular weight excluding hydrogens is 219 g/mol. The lowest BCUT2D eigenvalue weighted by atomic mass is 9.93. The van der Waals surface area contributed by atoms with Crippen molar-refractivity contribution in [3.05, 3.63) is 35.9 Å². The summed E-state index contributed by atoms with van der Waals surface area (Å²) in [6, 6.07) is 6.08. The van der Waals surface area contributed by atoms with Crippen LogP contribution in [0.5, 0.6) is 0 Å². The second kappa shape index (κ2) is 4.25. The molecule has 0 saturated heterocycles. The Labute approximate surface area is 99.1 Å². The normalized spacial score (nSPS) is 11.8. The van der Waals surface area contributed by atoms with E-state index in [0.717, 1.165) is 11.4 Å². The van der Waals surface area contributed by atoms with Gasteiger partial charge in [0.1, 0.15) is 11.6 Å². The molecule has 17 heavy (non-hydrogen) atoms. The third-order valence-electron chi connectivity index (χ3n) is 2.74. The van der Waals surface area contributed by atoms with Crippen molar-refractivity contribution in [3.8, 4) is 11.4 Å². The van der Waals surface area contributed by atoms with Gasteiger partial charge in [-0.1, -0.05) is 13.8 Å². The lowest BCUT2D eigenvalue weighted by Crippen LogP contribution is -2.29. The third kappa shape index (κ3) is 2.34. The summed E-state index contributed by atoms with van der Waals surface area (Å²) < 4.78 is 12.8. The van der Waals surface area contributed by atoms with E-state index in [1.807, 2.05) is 13.8 Å². The zero-order valence-corrected chi connectivity index (χ0v) is 9.87. The van der Waals surface area contributed by atoms with E-state index < -0.39 is 0 Å². The van der Waals surface area contributed by atoms with Gasteiger partial charge >= 0.3 is 0 Å². The van der Waals surface area contributed by atoms with Gasteiger partial charge in [-0.25, -0.2) is 9.37 Å². The second-order valence-corrected chi connectivity index (χ2v) is 4.60.